The Morgan fingerprint density at radius 1 is 1.20 bits per heavy atom. The van der Waals surface area contributed by atoms with Crippen LogP contribution in [0, 0.1) is 17.8 Å². The average Bonchev–Trinajstić information content (AvgIpc) is 3.12. The Labute approximate surface area is 156 Å². The van der Waals surface area contributed by atoms with Gasteiger partial charge in [0, 0.05) is 5.75 Å². The van der Waals surface area contributed by atoms with E-state index >= 15 is 0 Å². The second kappa shape index (κ2) is 6.72. The number of carbonyl (C=O) groups excluding carboxylic acids is 2. The minimum Gasteiger partial charge on any atom is -0.274 e. The number of rotatable bonds is 4. The lowest BCUT2D eigenvalue weighted by molar-refractivity contribution is -0.122. The highest BCUT2D eigenvalue weighted by molar-refractivity contribution is 8.01. The molecular weight excluding hydrogens is 352 g/mol. The van der Waals surface area contributed by atoms with Gasteiger partial charge in [-0.05, 0) is 37.0 Å². The number of thioether (sulfide) groups is 1. The summed E-state index contributed by atoms with van der Waals surface area (Å²) in [5.41, 5.74) is 1.65. The van der Waals surface area contributed by atoms with Crippen LogP contribution >= 0.6 is 23.1 Å². The van der Waals surface area contributed by atoms with Gasteiger partial charge in [-0.25, -0.2) is 4.98 Å². The maximum atomic E-state index is 12.8. The topological polar surface area (TPSA) is 50.3 Å². The van der Waals surface area contributed by atoms with Crippen molar-refractivity contribution in [2.45, 2.75) is 43.9 Å². The zero-order valence-corrected chi connectivity index (χ0v) is 16.2. The summed E-state index contributed by atoms with van der Waals surface area (Å²) in [7, 11) is 0. The van der Waals surface area contributed by atoms with Gasteiger partial charge in [-0.15, -0.1) is 11.3 Å². The number of benzene rings is 1. The first-order valence-corrected chi connectivity index (χ1v) is 10.8. The quantitative estimate of drug-likeness (QED) is 0.574. The van der Waals surface area contributed by atoms with Crippen LogP contribution in [0.3, 0.4) is 0 Å². The number of hydrogen-bond donors (Lipinski definition) is 0. The van der Waals surface area contributed by atoms with Crippen LogP contribution in [-0.4, -0.2) is 22.6 Å². The van der Waals surface area contributed by atoms with E-state index in [1.54, 1.807) is 23.1 Å². The Morgan fingerprint density at radius 3 is 2.52 bits per heavy atom. The fraction of sp³-hybridized carbons (Fsp3) is 0.526. The first kappa shape index (κ1) is 17.0. The van der Waals surface area contributed by atoms with Gasteiger partial charge in [0.2, 0.25) is 11.8 Å². The Balaban J connectivity index is 1.63. The summed E-state index contributed by atoms with van der Waals surface area (Å²) in [6, 6.07) is 5.76. The zero-order valence-electron chi connectivity index (χ0n) is 14.5. The molecule has 0 N–H and O–H groups in total. The Bertz CT molecular complexity index is 806. The number of thiazole rings is 1. The maximum Gasteiger partial charge on any atom is 0.237 e. The summed E-state index contributed by atoms with van der Waals surface area (Å²) in [4.78, 5) is 31.6. The first-order valence-electron chi connectivity index (χ1n) is 8.96. The normalized spacial score (nSPS) is 23.7. The summed E-state index contributed by atoms with van der Waals surface area (Å²) >= 11 is 3.41. The summed E-state index contributed by atoms with van der Waals surface area (Å²) in [5.74, 6) is 1.45. The molecule has 1 aromatic heterocycles. The number of hydrogen-bond acceptors (Lipinski definition) is 5. The van der Waals surface area contributed by atoms with Crippen LogP contribution in [0.1, 0.15) is 39.5 Å². The first-order chi connectivity index (χ1) is 12.0. The van der Waals surface area contributed by atoms with Crippen molar-refractivity contribution in [2.24, 2.45) is 17.8 Å². The summed E-state index contributed by atoms with van der Waals surface area (Å²) in [5, 5.41) is 0. The molecule has 1 aliphatic heterocycles. The van der Waals surface area contributed by atoms with Gasteiger partial charge in [-0.2, -0.15) is 0 Å². The van der Waals surface area contributed by atoms with Gasteiger partial charge in [0.05, 0.1) is 27.7 Å². The van der Waals surface area contributed by atoms with E-state index in [1.165, 1.54) is 4.90 Å². The molecule has 6 heteroatoms. The Hall–Kier alpha value is -1.40. The molecule has 25 heavy (non-hydrogen) atoms. The van der Waals surface area contributed by atoms with Crippen molar-refractivity contribution in [2.75, 3.05) is 10.7 Å². The molecule has 2 amide bonds. The molecule has 2 fully saturated rings. The van der Waals surface area contributed by atoms with Crippen LogP contribution < -0.4 is 4.90 Å². The van der Waals surface area contributed by atoms with Crippen LogP contribution in [0.4, 0.5) is 5.69 Å². The highest BCUT2D eigenvalue weighted by Crippen LogP contribution is 2.41. The third kappa shape index (κ3) is 3.10. The van der Waals surface area contributed by atoms with E-state index in [4.69, 9.17) is 0 Å². The van der Waals surface area contributed by atoms with E-state index < -0.39 is 0 Å². The Kier molecular flexibility index (Phi) is 4.58. The predicted octanol–water partition coefficient (Wildman–Crippen LogP) is 4.72. The molecule has 2 aromatic rings. The monoisotopic (exact) mass is 374 g/mol. The van der Waals surface area contributed by atoms with Gasteiger partial charge in [0.15, 0.2) is 4.34 Å². The molecule has 0 unspecified atom stereocenters. The lowest BCUT2D eigenvalue weighted by atomic mass is 9.81. The van der Waals surface area contributed by atoms with E-state index in [0.717, 1.165) is 46.0 Å². The molecule has 4 rings (SSSR count). The number of nitrogens with zero attached hydrogens (tertiary/aromatic N) is 2. The van der Waals surface area contributed by atoms with Gasteiger partial charge in [0.25, 0.3) is 0 Å². The minimum absolute atomic E-state index is 0.00651. The van der Waals surface area contributed by atoms with Crippen molar-refractivity contribution in [3.63, 3.8) is 0 Å². The Morgan fingerprint density at radius 2 is 1.88 bits per heavy atom. The van der Waals surface area contributed by atoms with E-state index in [1.807, 2.05) is 18.2 Å². The molecule has 1 aliphatic carbocycles. The van der Waals surface area contributed by atoms with Crippen LogP contribution in [0.15, 0.2) is 22.5 Å². The van der Waals surface area contributed by atoms with E-state index in [-0.39, 0.29) is 23.7 Å². The van der Waals surface area contributed by atoms with Crippen LogP contribution in [0.25, 0.3) is 10.2 Å². The fourth-order valence-electron chi connectivity index (χ4n) is 3.75. The fourth-order valence-corrected chi connectivity index (χ4v) is 5.83. The third-order valence-electron chi connectivity index (χ3n) is 4.99. The standard InChI is InChI=1S/C19H22N2O2S2/c1-11(2)10-24-19-20-15-8-7-12(9-16(15)25-19)21-17(22)13-5-3-4-6-14(13)18(21)23/h7-9,11,13-14H,3-6,10H2,1-2H3/t13-,14+. The second-order valence-electron chi connectivity index (χ2n) is 7.35. The minimum atomic E-state index is -0.101. The average molecular weight is 375 g/mol. The van der Waals surface area contributed by atoms with E-state index in [0.29, 0.717) is 11.6 Å². The highest BCUT2D eigenvalue weighted by Gasteiger charge is 2.48. The molecule has 0 bridgehead atoms. The van der Waals surface area contributed by atoms with Gasteiger partial charge in [-0.3, -0.25) is 14.5 Å². The smallest absolute Gasteiger partial charge is 0.237 e. The summed E-state index contributed by atoms with van der Waals surface area (Å²) in [6.07, 6.45) is 3.81. The summed E-state index contributed by atoms with van der Waals surface area (Å²) < 4.78 is 2.09. The zero-order chi connectivity index (χ0) is 17.6. The molecule has 1 saturated carbocycles. The lowest BCUT2D eigenvalue weighted by Crippen LogP contribution is -2.30. The van der Waals surface area contributed by atoms with Crippen molar-refractivity contribution >= 4 is 50.8 Å². The van der Waals surface area contributed by atoms with Gasteiger partial charge < -0.3 is 0 Å². The summed E-state index contributed by atoms with van der Waals surface area (Å²) in [6.45, 7) is 4.39. The molecule has 2 aliphatic rings. The highest BCUT2D eigenvalue weighted by atomic mass is 32.2. The molecule has 2 atom stereocenters. The van der Waals surface area contributed by atoms with E-state index in [2.05, 4.69) is 18.8 Å². The van der Waals surface area contributed by atoms with Crippen molar-refractivity contribution < 1.29 is 9.59 Å². The van der Waals surface area contributed by atoms with E-state index in [9.17, 15) is 9.59 Å². The van der Waals surface area contributed by atoms with Crippen molar-refractivity contribution in [3.05, 3.63) is 18.2 Å². The third-order valence-corrected chi connectivity index (χ3v) is 7.58. The van der Waals surface area contributed by atoms with Gasteiger partial charge in [-0.1, -0.05) is 38.5 Å². The molecule has 1 saturated heterocycles. The van der Waals surface area contributed by atoms with Crippen LogP contribution in [-0.2, 0) is 9.59 Å². The molecule has 0 radical (unpaired) electrons. The molecule has 2 heterocycles. The van der Waals surface area contributed by atoms with Crippen LogP contribution in [0.5, 0.6) is 0 Å². The number of imide groups is 1. The number of anilines is 1. The SMILES string of the molecule is CC(C)CSc1nc2ccc(N3C(=O)[C@H]4CCCC[C@H]4C3=O)cc2s1. The second-order valence-corrected chi connectivity index (χ2v) is 9.64. The van der Waals surface area contributed by atoms with Gasteiger partial charge in [0.1, 0.15) is 0 Å². The largest absolute Gasteiger partial charge is 0.274 e. The number of fused-ring (bicyclic) bond motifs is 2. The maximum absolute atomic E-state index is 12.8. The molecule has 132 valence electrons. The molecule has 4 nitrogen and oxygen atoms in total. The molecular formula is C19H22N2O2S2. The van der Waals surface area contributed by atoms with Crippen LogP contribution in [0.2, 0.25) is 0 Å². The van der Waals surface area contributed by atoms with Gasteiger partial charge >= 0.3 is 0 Å². The predicted molar refractivity (Wildman–Crippen MR) is 103 cm³/mol. The lowest BCUT2D eigenvalue weighted by Gasteiger charge is -2.19. The molecule has 1 aromatic carbocycles. The molecule has 0 spiro atoms. The van der Waals surface area contributed by atoms with Crippen molar-refractivity contribution in [3.8, 4) is 0 Å². The number of aromatic nitrogens is 1. The number of amides is 2. The van der Waals surface area contributed by atoms with Crippen molar-refractivity contribution in [1.82, 2.24) is 4.98 Å². The number of carbonyl (C=O) groups is 2. The van der Waals surface area contributed by atoms with Crippen molar-refractivity contribution in [1.29, 1.82) is 0 Å².